The number of nitrogens with zero attached hydrogens (tertiary/aromatic N) is 1. The van der Waals surface area contributed by atoms with Gasteiger partial charge in [0.15, 0.2) is 0 Å². The lowest BCUT2D eigenvalue weighted by Gasteiger charge is -2.24. The van der Waals surface area contributed by atoms with Crippen LogP contribution >= 0.6 is 0 Å². The highest BCUT2D eigenvalue weighted by Gasteiger charge is 2.36. The fraction of sp³-hybridized carbons (Fsp3) is 0.700. The molecule has 7 nitrogen and oxygen atoms in total. The maximum Gasteiger partial charge on any atom is 0.407 e. The lowest BCUT2D eigenvalue weighted by Crippen LogP contribution is -2.50. The predicted molar refractivity (Wildman–Crippen MR) is 57.4 cm³/mol. The van der Waals surface area contributed by atoms with E-state index in [1.807, 2.05) is 0 Å². The number of aliphatic carboxylic acids is 1. The van der Waals surface area contributed by atoms with Crippen LogP contribution in [0.15, 0.2) is 0 Å². The number of methoxy groups -OCH3 is 1. The SMILES string of the molecule is COC(=O)N[C@H](C)C(=O)N1CCC[C@H]1C(=O)O. The Morgan fingerprint density at radius 1 is 1.47 bits per heavy atom. The number of hydrogen-bond acceptors (Lipinski definition) is 4. The molecule has 1 heterocycles. The standard InChI is InChI=1S/C10H16N2O5/c1-6(11-10(16)17-2)8(13)12-5-3-4-7(12)9(14)15/h6-7H,3-5H2,1-2H3,(H,11,16)(H,14,15)/t6-,7+/m1/s1. The zero-order valence-electron chi connectivity index (χ0n) is 9.80. The third-order valence-corrected chi connectivity index (χ3v) is 2.71. The van der Waals surface area contributed by atoms with E-state index in [9.17, 15) is 14.4 Å². The van der Waals surface area contributed by atoms with E-state index >= 15 is 0 Å². The second kappa shape index (κ2) is 5.51. The fourth-order valence-corrected chi connectivity index (χ4v) is 1.83. The molecule has 2 atom stereocenters. The Morgan fingerprint density at radius 2 is 2.12 bits per heavy atom. The molecule has 1 rings (SSSR count). The highest BCUT2D eigenvalue weighted by Crippen LogP contribution is 2.18. The van der Waals surface area contributed by atoms with Gasteiger partial charge >= 0.3 is 12.1 Å². The largest absolute Gasteiger partial charge is 0.480 e. The van der Waals surface area contributed by atoms with Crippen LogP contribution in [-0.2, 0) is 14.3 Å². The molecular weight excluding hydrogens is 228 g/mol. The minimum absolute atomic E-state index is 0.402. The summed E-state index contributed by atoms with van der Waals surface area (Å²) in [6, 6.07) is -1.58. The van der Waals surface area contributed by atoms with Crippen LogP contribution in [0.5, 0.6) is 0 Å². The van der Waals surface area contributed by atoms with Gasteiger partial charge < -0.3 is 20.1 Å². The summed E-state index contributed by atoms with van der Waals surface area (Å²) in [5.41, 5.74) is 0. The molecule has 17 heavy (non-hydrogen) atoms. The van der Waals surface area contributed by atoms with Crippen molar-refractivity contribution in [1.29, 1.82) is 0 Å². The monoisotopic (exact) mass is 244 g/mol. The predicted octanol–water partition coefficient (Wildman–Crippen LogP) is -0.194. The van der Waals surface area contributed by atoms with Crippen molar-refractivity contribution < 1.29 is 24.2 Å². The molecule has 0 spiro atoms. The van der Waals surface area contributed by atoms with E-state index in [1.54, 1.807) is 0 Å². The average Bonchev–Trinajstić information content (AvgIpc) is 2.76. The molecule has 7 heteroatoms. The molecule has 1 fully saturated rings. The average molecular weight is 244 g/mol. The molecule has 0 aromatic heterocycles. The Labute approximate surface area is 98.7 Å². The van der Waals surface area contributed by atoms with E-state index in [4.69, 9.17) is 5.11 Å². The summed E-state index contributed by atoms with van der Waals surface area (Å²) in [5.74, 6) is -1.42. The Kier molecular flexibility index (Phi) is 4.30. The smallest absolute Gasteiger partial charge is 0.407 e. The first-order chi connectivity index (χ1) is 7.97. The first-order valence-electron chi connectivity index (χ1n) is 5.35. The second-order valence-electron chi connectivity index (χ2n) is 3.89. The molecule has 0 radical (unpaired) electrons. The van der Waals surface area contributed by atoms with E-state index in [0.29, 0.717) is 19.4 Å². The summed E-state index contributed by atoms with van der Waals surface area (Å²) >= 11 is 0. The van der Waals surface area contributed by atoms with Crippen LogP contribution in [0.1, 0.15) is 19.8 Å². The number of alkyl carbamates (subject to hydrolysis) is 1. The van der Waals surface area contributed by atoms with Gasteiger partial charge in [0.2, 0.25) is 5.91 Å². The van der Waals surface area contributed by atoms with Crippen LogP contribution in [-0.4, -0.2) is 53.7 Å². The number of carbonyl (C=O) groups is 3. The molecule has 0 bridgehead atoms. The van der Waals surface area contributed by atoms with Crippen molar-refractivity contribution in [3.05, 3.63) is 0 Å². The van der Waals surface area contributed by atoms with Crippen molar-refractivity contribution in [2.45, 2.75) is 31.8 Å². The van der Waals surface area contributed by atoms with Crippen LogP contribution in [0.3, 0.4) is 0 Å². The quantitative estimate of drug-likeness (QED) is 0.717. The Balaban J connectivity index is 2.62. The van der Waals surface area contributed by atoms with Gasteiger partial charge in [-0.1, -0.05) is 0 Å². The normalized spacial score (nSPS) is 20.8. The first-order valence-corrected chi connectivity index (χ1v) is 5.35. The van der Waals surface area contributed by atoms with Crippen LogP contribution in [0.25, 0.3) is 0 Å². The Morgan fingerprint density at radius 3 is 2.65 bits per heavy atom. The van der Waals surface area contributed by atoms with Crippen LogP contribution in [0.2, 0.25) is 0 Å². The van der Waals surface area contributed by atoms with Gasteiger partial charge in [-0.25, -0.2) is 9.59 Å². The van der Waals surface area contributed by atoms with Crippen molar-refractivity contribution >= 4 is 18.0 Å². The number of carboxylic acids is 1. The van der Waals surface area contributed by atoms with E-state index in [1.165, 1.54) is 18.9 Å². The summed E-state index contributed by atoms with van der Waals surface area (Å²) in [4.78, 5) is 35.0. The maximum absolute atomic E-state index is 11.9. The molecule has 1 aliphatic heterocycles. The highest BCUT2D eigenvalue weighted by molar-refractivity contribution is 5.89. The lowest BCUT2D eigenvalue weighted by molar-refractivity contribution is -0.148. The summed E-state index contributed by atoms with van der Waals surface area (Å²) < 4.78 is 4.37. The minimum atomic E-state index is -1.01. The van der Waals surface area contributed by atoms with Crippen molar-refractivity contribution in [2.24, 2.45) is 0 Å². The first kappa shape index (κ1) is 13.3. The second-order valence-corrected chi connectivity index (χ2v) is 3.89. The van der Waals surface area contributed by atoms with E-state index in [-0.39, 0.29) is 0 Å². The van der Waals surface area contributed by atoms with E-state index in [0.717, 1.165) is 0 Å². The number of rotatable bonds is 3. The molecule has 1 saturated heterocycles. The minimum Gasteiger partial charge on any atom is -0.480 e. The number of carbonyl (C=O) groups excluding carboxylic acids is 2. The summed E-state index contributed by atoms with van der Waals surface area (Å²) in [6.07, 6.45) is 0.400. The molecule has 1 aliphatic rings. The molecule has 0 aromatic carbocycles. The Bertz CT molecular complexity index is 331. The number of carboxylic acid groups (broad SMARTS) is 1. The maximum atomic E-state index is 11.9. The number of hydrogen-bond donors (Lipinski definition) is 2. The van der Waals surface area contributed by atoms with Crippen LogP contribution < -0.4 is 5.32 Å². The van der Waals surface area contributed by atoms with Gasteiger partial charge in [0.1, 0.15) is 12.1 Å². The van der Waals surface area contributed by atoms with Gasteiger partial charge in [-0.15, -0.1) is 0 Å². The topological polar surface area (TPSA) is 95.9 Å². The molecule has 0 aromatic rings. The van der Waals surface area contributed by atoms with E-state index in [2.05, 4.69) is 10.1 Å². The Hall–Kier alpha value is -1.79. The van der Waals surface area contributed by atoms with Gasteiger partial charge in [0.05, 0.1) is 7.11 Å². The zero-order chi connectivity index (χ0) is 13.0. The number of nitrogens with one attached hydrogen (secondary N) is 1. The molecule has 0 unspecified atom stereocenters. The van der Waals surface area contributed by atoms with Gasteiger partial charge in [-0.2, -0.15) is 0 Å². The van der Waals surface area contributed by atoms with Gasteiger partial charge in [0.25, 0.3) is 0 Å². The van der Waals surface area contributed by atoms with Crippen LogP contribution in [0, 0.1) is 0 Å². The van der Waals surface area contributed by atoms with Crippen molar-refractivity contribution in [3.63, 3.8) is 0 Å². The molecular formula is C10H16N2O5. The van der Waals surface area contributed by atoms with Gasteiger partial charge in [-0.3, -0.25) is 4.79 Å². The van der Waals surface area contributed by atoms with Crippen molar-refractivity contribution in [1.82, 2.24) is 10.2 Å². The van der Waals surface area contributed by atoms with Crippen molar-refractivity contribution in [3.8, 4) is 0 Å². The van der Waals surface area contributed by atoms with E-state index < -0.39 is 30.1 Å². The summed E-state index contributed by atoms with van der Waals surface area (Å²) in [5, 5.41) is 11.3. The number of likely N-dealkylation sites (tertiary alicyclic amines) is 1. The molecule has 2 N–H and O–H groups in total. The van der Waals surface area contributed by atoms with Gasteiger partial charge in [0, 0.05) is 6.54 Å². The van der Waals surface area contributed by atoms with Crippen LogP contribution in [0.4, 0.5) is 4.79 Å². The number of ether oxygens (including phenoxy) is 1. The third kappa shape index (κ3) is 3.08. The summed E-state index contributed by atoms with van der Waals surface area (Å²) in [6.45, 7) is 1.90. The molecule has 2 amide bonds. The fourth-order valence-electron chi connectivity index (χ4n) is 1.83. The summed E-state index contributed by atoms with van der Waals surface area (Å²) in [7, 11) is 1.20. The van der Waals surface area contributed by atoms with Gasteiger partial charge in [-0.05, 0) is 19.8 Å². The third-order valence-electron chi connectivity index (χ3n) is 2.71. The van der Waals surface area contributed by atoms with Crippen molar-refractivity contribution in [2.75, 3.05) is 13.7 Å². The molecule has 0 saturated carbocycles. The zero-order valence-corrected chi connectivity index (χ0v) is 9.80. The highest BCUT2D eigenvalue weighted by atomic mass is 16.5. The molecule has 0 aliphatic carbocycles. The number of amides is 2. The lowest BCUT2D eigenvalue weighted by atomic mass is 10.2. The molecule has 96 valence electrons.